The van der Waals surface area contributed by atoms with Gasteiger partial charge in [0.15, 0.2) is 5.82 Å². The Hall–Kier alpha value is -1.36. The van der Waals surface area contributed by atoms with Crippen molar-refractivity contribution in [2.75, 3.05) is 19.0 Å². The van der Waals surface area contributed by atoms with Crippen LogP contribution in [0.4, 0.5) is 5.82 Å². The zero-order valence-electron chi connectivity index (χ0n) is 11.2. The van der Waals surface area contributed by atoms with Gasteiger partial charge in [0.1, 0.15) is 0 Å². The molecular formula is C12H21N3O2. The first-order chi connectivity index (χ1) is 7.86. The lowest BCUT2D eigenvalue weighted by atomic mass is 9.89. The molecule has 1 heterocycles. The van der Waals surface area contributed by atoms with Crippen LogP contribution in [0.1, 0.15) is 20.8 Å². The van der Waals surface area contributed by atoms with Crippen molar-refractivity contribution in [3.8, 4) is 0 Å². The van der Waals surface area contributed by atoms with Gasteiger partial charge in [-0.1, -0.05) is 20.8 Å². The van der Waals surface area contributed by atoms with E-state index in [0.717, 1.165) is 0 Å². The van der Waals surface area contributed by atoms with Crippen LogP contribution in [0.3, 0.4) is 0 Å². The molecule has 0 radical (unpaired) electrons. The zero-order chi connectivity index (χ0) is 13.1. The summed E-state index contributed by atoms with van der Waals surface area (Å²) in [5.41, 5.74) is -0.113. The number of hydrogen-bond donors (Lipinski definition) is 1. The number of rotatable bonds is 4. The summed E-state index contributed by atoms with van der Waals surface area (Å²) in [5, 5.41) is 3.04. The molecule has 5 nitrogen and oxygen atoms in total. The van der Waals surface area contributed by atoms with Gasteiger partial charge in [-0.2, -0.15) is 0 Å². The largest absolute Gasteiger partial charge is 0.379 e. The summed E-state index contributed by atoms with van der Waals surface area (Å²) >= 11 is 0. The van der Waals surface area contributed by atoms with E-state index in [1.807, 2.05) is 0 Å². The summed E-state index contributed by atoms with van der Waals surface area (Å²) in [5.74, 6) is 0.362. The molecule has 1 aromatic rings. The Morgan fingerprint density at radius 1 is 1.53 bits per heavy atom. The van der Waals surface area contributed by atoms with Crippen LogP contribution in [-0.4, -0.2) is 29.3 Å². The number of aromatic nitrogens is 2. The molecule has 1 aromatic heterocycles. The molecule has 1 unspecified atom stereocenters. The predicted octanol–water partition coefficient (Wildman–Crippen LogP) is 1.25. The van der Waals surface area contributed by atoms with E-state index in [2.05, 4.69) is 31.1 Å². The Morgan fingerprint density at radius 2 is 2.18 bits per heavy atom. The van der Waals surface area contributed by atoms with E-state index in [1.165, 1.54) is 4.57 Å². The first kappa shape index (κ1) is 13.7. The van der Waals surface area contributed by atoms with Crippen molar-refractivity contribution < 1.29 is 4.74 Å². The molecule has 1 rings (SSSR count). The van der Waals surface area contributed by atoms with E-state index in [1.54, 1.807) is 26.6 Å². The third-order valence-electron chi connectivity index (χ3n) is 2.72. The van der Waals surface area contributed by atoms with E-state index >= 15 is 0 Å². The Balaban J connectivity index is 2.73. The van der Waals surface area contributed by atoms with Crippen molar-refractivity contribution in [3.63, 3.8) is 0 Å². The van der Waals surface area contributed by atoms with Gasteiger partial charge in [0.05, 0.1) is 6.10 Å². The first-order valence-electron chi connectivity index (χ1n) is 5.64. The number of anilines is 1. The van der Waals surface area contributed by atoms with Gasteiger partial charge in [-0.3, -0.25) is 4.79 Å². The van der Waals surface area contributed by atoms with Gasteiger partial charge in [-0.15, -0.1) is 0 Å². The van der Waals surface area contributed by atoms with E-state index in [0.29, 0.717) is 12.4 Å². The number of methoxy groups -OCH3 is 1. The average molecular weight is 239 g/mol. The second-order valence-electron chi connectivity index (χ2n) is 5.16. The highest BCUT2D eigenvalue weighted by Gasteiger charge is 2.24. The van der Waals surface area contributed by atoms with Crippen molar-refractivity contribution in [2.45, 2.75) is 26.9 Å². The summed E-state index contributed by atoms with van der Waals surface area (Å²) in [6, 6.07) is 0. The average Bonchev–Trinajstić information content (AvgIpc) is 2.23. The molecule has 0 aliphatic rings. The van der Waals surface area contributed by atoms with Crippen LogP contribution >= 0.6 is 0 Å². The van der Waals surface area contributed by atoms with E-state index < -0.39 is 0 Å². The minimum atomic E-state index is -0.128. The fraction of sp³-hybridized carbons (Fsp3) is 0.667. The maximum Gasteiger partial charge on any atom is 0.293 e. The molecule has 0 amide bonds. The SMILES string of the molecule is COC(CNc1nccn(C)c1=O)C(C)(C)C. The van der Waals surface area contributed by atoms with Crippen molar-refractivity contribution in [3.05, 3.63) is 22.7 Å². The Kier molecular flexibility index (Phi) is 4.28. The lowest BCUT2D eigenvalue weighted by molar-refractivity contribution is 0.0268. The number of nitrogens with zero attached hydrogens (tertiary/aromatic N) is 2. The van der Waals surface area contributed by atoms with Crippen LogP contribution in [0.25, 0.3) is 0 Å². The molecule has 0 aromatic carbocycles. The smallest absolute Gasteiger partial charge is 0.293 e. The van der Waals surface area contributed by atoms with Gasteiger partial charge < -0.3 is 14.6 Å². The van der Waals surface area contributed by atoms with Gasteiger partial charge in [0.25, 0.3) is 5.56 Å². The summed E-state index contributed by atoms with van der Waals surface area (Å²) in [6.45, 7) is 6.85. The molecule has 0 aliphatic heterocycles. The molecule has 0 spiro atoms. The molecule has 0 bridgehead atoms. The van der Waals surface area contributed by atoms with Crippen LogP contribution in [0, 0.1) is 5.41 Å². The van der Waals surface area contributed by atoms with Gasteiger partial charge in [0.2, 0.25) is 0 Å². The van der Waals surface area contributed by atoms with Crippen molar-refractivity contribution >= 4 is 5.82 Å². The number of nitrogens with one attached hydrogen (secondary N) is 1. The second kappa shape index (κ2) is 5.31. The van der Waals surface area contributed by atoms with Gasteiger partial charge in [0, 0.05) is 33.1 Å². The maximum atomic E-state index is 11.7. The molecule has 0 fully saturated rings. The third kappa shape index (κ3) is 3.56. The van der Waals surface area contributed by atoms with Gasteiger partial charge in [-0.25, -0.2) is 4.98 Å². The second-order valence-corrected chi connectivity index (χ2v) is 5.16. The standard InChI is InChI=1S/C12H21N3O2/c1-12(2,3)9(17-5)8-14-10-11(16)15(4)7-6-13-10/h6-7,9H,8H2,1-5H3,(H,13,14). The van der Waals surface area contributed by atoms with Crippen LogP contribution < -0.4 is 10.9 Å². The highest BCUT2D eigenvalue weighted by atomic mass is 16.5. The normalized spacial score (nSPS) is 13.5. The Bertz CT molecular complexity index is 420. The maximum absolute atomic E-state index is 11.7. The Morgan fingerprint density at radius 3 is 2.71 bits per heavy atom. The van der Waals surface area contributed by atoms with Crippen LogP contribution in [-0.2, 0) is 11.8 Å². The zero-order valence-corrected chi connectivity index (χ0v) is 11.2. The van der Waals surface area contributed by atoms with Gasteiger partial charge >= 0.3 is 0 Å². The van der Waals surface area contributed by atoms with Crippen LogP contribution in [0.5, 0.6) is 0 Å². The highest BCUT2D eigenvalue weighted by Crippen LogP contribution is 2.21. The first-order valence-corrected chi connectivity index (χ1v) is 5.64. The van der Waals surface area contributed by atoms with Crippen molar-refractivity contribution in [1.82, 2.24) is 9.55 Å². The minimum absolute atomic E-state index is 0.0156. The molecule has 0 saturated heterocycles. The summed E-state index contributed by atoms with van der Waals surface area (Å²) in [4.78, 5) is 15.7. The monoisotopic (exact) mass is 239 g/mol. The molecule has 96 valence electrons. The minimum Gasteiger partial charge on any atom is -0.379 e. The number of ether oxygens (including phenoxy) is 1. The highest BCUT2D eigenvalue weighted by molar-refractivity contribution is 5.30. The molecular weight excluding hydrogens is 218 g/mol. The van der Waals surface area contributed by atoms with E-state index in [9.17, 15) is 4.79 Å². The molecule has 1 N–H and O–H groups in total. The topological polar surface area (TPSA) is 56.1 Å². The molecule has 0 aliphatic carbocycles. The lowest BCUT2D eigenvalue weighted by Gasteiger charge is -2.29. The number of hydrogen-bond acceptors (Lipinski definition) is 4. The molecule has 17 heavy (non-hydrogen) atoms. The number of aryl methyl sites for hydroxylation is 1. The summed E-state index contributed by atoms with van der Waals surface area (Å²) in [6.07, 6.45) is 3.25. The van der Waals surface area contributed by atoms with Crippen LogP contribution in [0.2, 0.25) is 0 Å². The summed E-state index contributed by atoms with van der Waals surface area (Å²) in [7, 11) is 3.38. The Labute approximate surface area is 102 Å². The lowest BCUT2D eigenvalue weighted by Crippen LogP contribution is -2.36. The van der Waals surface area contributed by atoms with E-state index in [4.69, 9.17) is 4.74 Å². The van der Waals surface area contributed by atoms with Gasteiger partial charge in [-0.05, 0) is 5.41 Å². The quantitative estimate of drug-likeness (QED) is 0.859. The predicted molar refractivity (Wildman–Crippen MR) is 68.2 cm³/mol. The molecule has 5 heteroatoms. The fourth-order valence-corrected chi connectivity index (χ4v) is 1.55. The summed E-state index contributed by atoms with van der Waals surface area (Å²) < 4.78 is 6.90. The van der Waals surface area contributed by atoms with Crippen LogP contribution in [0.15, 0.2) is 17.2 Å². The molecule has 0 saturated carbocycles. The van der Waals surface area contributed by atoms with Crippen molar-refractivity contribution in [2.24, 2.45) is 12.5 Å². The molecule has 1 atom stereocenters. The van der Waals surface area contributed by atoms with Crippen molar-refractivity contribution in [1.29, 1.82) is 0 Å². The fourth-order valence-electron chi connectivity index (χ4n) is 1.55. The third-order valence-corrected chi connectivity index (χ3v) is 2.72. The van der Waals surface area contributed by atoms with E-state index in [-0.39, 0.29) is 17.1 Å².